The average molecular weight is 323 g/mol. The minimum atomic E-state index is 1.04. The van der Waals surface area contributed by atoms with Crippen LogP contribution in [0.5, 0.6) is 0 Å². The Hall–Kier alpha value is -1.55. The Morgan fingerprint density at radius 1 is 0.826 bits per heavy atom. The van der Waals surface area contributed by atoms with Crippen molar-refractivity contribution in [2.45, 2.75) is 0 Å². The molecule has 0 radical (unpaired) electrons. The van der Waals surface area contributed by atoms with Gasteiger partial charge in [0.25, 0.3) is 0 Å². The summed E-state index contributed by atoms with van der Waals surface area (Å²) in [5, 5.41) is 0. The SMILES string of the molecule is S=C(C[N+]12CCN(CC1)CC2)c1ccc(-c2ccccc2)cc1. The molecule has 0 aliphatic carbocycles. The number of rotatable bonds is 4. The van der Waals surface area contributed by atoms with E-state index >= 15 is 0 Å². The van der Waals surface area contributed by atoms with Gasteiger partial charge < -0.3 is 4.48 Å². The molecule has 5 rings (SSSR count). The fourth-order valence-corrected chi connectivity index (χ4v) is 4.25. The van der Waals surface area contributed by atoms with Gasteiger partial charge in [0.1, 0.15) is 6.54 Å². The second-order valence-corrected chi connectivity index (χ2v) is 7.37. The lowest BCUT2D eigenvalue weighted by Gasteiger charge is -2.50. The van der Waals surface area contributed by atoms with Crippen LogP contribution < -0.4 is 0 Å². The Balaban J connectivity index is 1.48. The summed E-state index contributed by atoms with van der Waals surface area (Å²) in [6.07, 6.45) is 0. The number of hydrogen-bond donors (Lipinski definition) is 0. The molecule has 0 amide bonds. The van der Waals surface area contributed by atoms with Gasteiger partial charge >= 0.3 is 0 Å². The first-order valence-corrected chi connectivity index (χ1v) is 8.91. The third-order valence-corrected chi connectivity index (χ3v) is 5.83. The molecule has 0 unspecified atom stereocenters. The van der Waals surface area contributed by atoms with Gasteiger partial charge in [0, 0.05) is 19.6 Å². The van der Waals surface area contributed by atoms with Crippen molar-refractivity contribution in [3.63, 3.8) is 0 Å². The summed E-state index contributed by atoms with van der Waals surface area (Å²) in [6, 6.07) is 19.3. The van der Waals surface area contributed by atoms with Crippen molar-refractivity contribution < 1.29 is 4.48 Å². The van der Waals surface area contributed by atoms with E-state index < -0.39 is 0 Å². The van der Waals surface area contributed by atoms with Crippen LogP contribution in [0, 0.1) is 0 Å². The predicted octanol–water partition coefficient (Wildman–Crippen LogP) is 3.22. The van der Waals surface area contributed by atoms with Gasteiger partial charge in [-0.25, -0.2) is 0 Å². The Morgan fingerprint density at radius 2 is 1.39 bits per heavy atom. The number of hydrogen-bond acceptors (Lipinski definition) is 2. The monoisotopic (exact) mass is 323 g/mol. The summed E-state index contributed by atoms with van der Waals surface area (Å²) in [4.78, 5) is 3.71. The van der Waals surface area contributed by atoms with Crippen LogP contribution >= 0.6 is 12.2 Å². The first kappa shape index (κ1) is 15.0. The maximum atomic E-state index is 5.79. The topological polar surface area (TPSA) is 3.24 Å². The van der Waals surface area contributed by atoms with Crippen LogP contribution in [-0.4, -0.2) is 60.1 Å². The highest BCUT2D eigenvalue weighted by molar-refractivity contribution is 7.80. The van der Waals surface area contributed by atoms with E-state index in [1.165, 1.54) is 60.4 Å². The molecule has 2 aromatic carbocycles. The molecule has 2 nitrogen and oxygen atoms in total. The van der Waals surface area contributed by atoms with Crippen molar-refractivity contribution >= 4 is 17.1 Å². The van der Waals surface area contributed by atoms with Crippen LogP contribution in [0.4, 0.5) is 0 Å². The molecule has 3 saturated heterocycles. The molecule has 3 aliphatic heterocycles. The Labute approximate surface area is 143 Å². The zero-order valence-electron chi connectivity index (χ0n) is 13.4. The number of nitrogens with zero attached hydrogens (tertiary/aromatic N) is 2. The zero-order valence-corrected chi connectivity index (χ0v) is 14.3. The third kappa shape index (κ3) is 3.09. The molecule has 3 aliphatic rings. The zero-order chi connectivity index (χ0) is 15.7. The fourth-order valence-electron chi connectivity index (χ4n) is 3.84. The van der Waals surface area contributed by atoms with Crippen LogP contribution in [0.3, 0.4) is 0 Å². The third-order valence-electron chi connectivity index (χ3n) is 5.46. The summed E-state index contributed by atoms with van der Waals surface area (Å²) >= 11 is 5.79. The largest absolute Gasteiger partial charge is 0.316 e. The van der Waals surface area contributed by atoms with Gasteiger partial charge in [0.05, 0.1) is 24.5 Å². The molecule has 0 aromatic heterocycles. The van der Waals surface area contributed by atoms with E-state index in [9.17, 15) is 0 Å². The number of fused-ring (bicyclic) bond motifs is 3. The van der Waals surface area contributed by atoms with Crippen molar-refractivity contribution in [3.8, 4) is 11.1 Å². The Morgan fingerprint density at radius 3 is 2.00 bits per heavy atom. The molecule has 3 heteroatoms. The van der Waals surface area contributed by atoms with E-state index in [1.54, 1.807) is 0 Å². The van der Waals surface area contributed by atoms with Crippen LogP contribution in [0.25, 0.3) is 11.1 Å². The van der Waals surface area contributed by atoms with Gasteiger partial charge in [-0.1, -0.05) is 66.8 Å². The van der Waals surface area contributed by atoms with E-state index in [0.29, 0.717) is 0 Å². The molecule has 118 valence electrons. The summed E-state index contributed by atoms with van der Waals surface area (Å²) in [6.45, 7) is 8.57. The maximum Gasteiger partial charge on any atom is 0.115 e. The lowest BCUT2D eigenvalue weighted by atomic mass is 10.0. The van der Waals surface area contributed by atoms with E-state index in [4.69, 9.17) is 12.2 Å². The van der Waals surface area contributed by atoms with Gasteiger partial charge in [-0.05, 0) is 16.7 Å². The molecule has 0 saturated carbocycles. The quantitative estimate of drug-likeness (QED) is 0.483. The van der Waals surface area contributed by atoms with Gasteiger partial charge in [-0.15, -0.1) is 0 Å². The smallest absolute Gasteiger partial charge is 0.115 e. The second-order valence-electron chi connectivity index (χ2n) is 6.88. The first-order valence-electron chi connectivity index (χ1n) is 8.50. The fraction of sp³-hybridized carbons (Fsp3) is 0.350. The Bertz CT molecular complexity index is 672. The van der Waals surface area contributed by atoms with Gasteiger partial charge in [0.2, 0.25) is 0 Å². The minimum absolute atomic E-state index is 1.04. The van der Waals surface area contributed by atoms with Crippen molar-refractivity contribution in [1.29, 1.82) is 0 Å². The van der Waals surface area contributed by atoms with Gasteiger partial charge in [-0.2, -0.15) is 0 Å². The number of quaternary nitrogens is 1. The van der Waals surface area contributed by atoms with Gasteiger partial charge in [0.15, 0.2) is 0 Å². The Kier molecular flexibility index (Phi) is 4.02. The molecule has 23 heavy (non-hydrogen) atoms. The number of piperazine rings is 3. The van der Waals surface area contributed by atoms with Crippen molar-refractivity contribution in [3.05, 3.63) is 60.2 Å². The second kappa shape index (κ2) is 6.16. The lowest BCUT2D eigenvalue weighted by Crippen LogP contribution is -2.68. The normalized spacial score (nSPS) is 26.2. The van der Waals surface area contributed by atoms with E-state index in [1.807, 2.05) is 0 Å². The molecule has 3 heterocycles. The molecular weight excluding hydrogens is 300 g/mol. The molecule has 0 atom stereocenters. The minimum Gasteiger partial charge on any atom is -0.316 e. The maximum absolute atomic E-state index is 5.79. The van der Waals surface area contributed by atoms with E-state index in [2.05, 4.69) is 59.5 Å². The average Bonchev–Trinajstić information content (AvgIpc) is 2.64. The van der Waals surface area contributed by atoms with E-state index in [-0.39, 0.29) is 0 Å². The van der Waals surface area contributed by atoms with Crippen LogP contribution in [0.15, 0.2) is 54.6 Å². The summed E-state index contributed by atoms with van der Waals surface area (Å²) in [7, 11) is 0. The van der Waals surface area contributed by atoms with Crippen LogP contribution in [0.2, 0.25) is 0 Å². The van der Waals surface area contributed by atoms with Gasteiger partial charge in [-0.3, -0.25) is 4.90 Å². The predicted molar refractivity (Wildman–Crippen MR) is 99.7 cm³/mol. The highest BCUT2D eigenvalue weighted by atomic mass is 32.1. The summed E-state index contributed by atoms with van der Waals surface area (Å²) < 4.78 is 1.20. The molecule has 2 bridgehead atoms. The number of thiocarbonyl (C=S) groups is 1. The molecule has 0 spiro atoms. The van der Waals surface area contributed by atoms with Crippen molar-refractivity contribution in [2.75, 3.05) is 45.8 Å². The first-order chi connectivity index (χ1) is 11.2. The highest BCUT2D eigenvalue weighted by Crippen LogP contribution is 2.23. The standard InChI is InChI=1S/C20H23N2S/c23-20(16-22-13-10-21(11-14-22)12-15-22)19-8-6-18(7-9-19)17-4-2-1-3-5-17/h1-9H,10-16H2/q+1. The van der Waals surface area contributed by atoms with Crippen molar-refractivity contribution in [2.24, 2.45) is 0 Å². The van der Waals surface area contributed by atoms with Crippen molar-refractivity contribution in [1.82, 2.24) is 4.90 Å². The van der Waals surface area contributed by atoms with Crippen LogP contribution in [0.1, 0.15) is 5.56 Å². The molecular formula is C20H23N2S+. The molecule has 2 aromatic rings. The lowest BCUT2D eigenvalue weighted by molar-refractivity contribution is -0.932. The summed E-state index contributed by atoms with van der Waals surface area (Å²) in [5.74, 6) is 0. The van der Waals surface area contributed by atoms with Crippen LogP contribution in [-0.2, 0) is 0 Å². The number of benzene rings is 2. The molecule has 3 fully saturated rings. The molecule has 0 N–H and O–H groups in total. The summed E-state index contributed by atoms with van der Waals surface area (Å²) in [5.41, 5.74) is 3.75. The highest BCUT2D eigenvalue weighted by Gasteiger charge is 2.38. The van der Waals surface area contributed by atoms with E-state index in [0.717, 1.165) is 11.4 Å².